The average Bonchev–Trinajstić information content (AvgIpc) is 2.37. The van der Waals surface area contributed by atoms with Crippen LogP contribution in [0.2, 0.25) is 0 Å². The Morgan fingerprint density at radius 2 is 1.65 bits per heavy atom. The molecule has 0 aromatic heterocycles. The van der Waals surface area contributed by atoms with Crippen LogP contribution < -0.4 is 0 Å². The largest absolute Gasteiger partial charge is 0.385 e. The molecule has 2 heteroatoms. The van der Waals surface area contributed by atoms with Crippen LogP contribution in [0.5, 0.6) is 0 Å². The van der Waals surface area contributed by atoms with Crippen LogP contribution in [0, 0.1) is 19.7 Å². The first-order valence-electron chi connectivity index (χ1n) is 6.99. The van der Waals surface area contributed by atoms with Gasteiger partial charge in [-0.1, -0.05) is 54.4 Å². The summed E-state index contributed by atoms with van der Waals surface area (Å²) in [6.45, 7) is 5.95. The van der Waals surface area contributed by atoms with Crippen molar-refractivity contribution in [2.45, 2.75) is 39.2 Å². The van der Waals surface area contributed by atoms with Crippen molar-refractivity contribution < 1.29 is 9.50 Å². The van der Waals surface area contributed by atoms with Crippen LogP contribution in [0.3, 0.4) is 0 Å². The Balaban J connectivity index is 2.39. The summed E-state index contributed by atoms with van der Waals surface area (Å²) in [7, 11) is 0. The average molecular weight is 272 g/mol. The molecule has 20 heavy (non-hydrogen) atoms. The third-order valence-electron chi connectivity index (χ3n) is 3.74. The minimum atomic E-state index is -1.16. The van der Waals surface area contributed by atoms with Gasteiger partial charge in [0.25, 0.3) is 0 Å². The van der Waals surface area contributed by atoms with Crippen molar-refractivity contribution in [3.8, 4) is 0 Å². The molecule has 0 bridgehead atoms. The van der Waals surface area contributed by atoms with Crippen LogP contribution in [0.1, 0.15) is 35.6 Å². The molecule has 2 aromatic carbocycles. The molecule has 0 heterocycles. The standard InChI is InChI=1S/C18H21FO/c1-4-18(20,16-7-5-6-8-17(16)19)12-15-10-13(2)9-14(3)11-15/h5-11,20H,4,12H2,1-3H3. The third-order valence-corrected chi connectivity index (χ3v) is 3.74. The van der Waals surface area contributed by atoms with E-state index in [1.54, 1.807) is 18.2 Å². The first kappa shape index (κ1) is 14.7. The van der Waals surface area contributed by atoms with E-state index in [4.69, 9.17) is 0 Å². The van der Waals surface area contributed by atoms with Crippen LogP contribution in [-0.2, 0) is 12.0 Å². The van der Waals surface area contributed by atoms with E-state index >= 15 is 0 Å². The summed E-state index contributed by atoms with van der Waals surface area (Å²) in [4.78, 5) is 0. The van der Waals surface area contributed by atoms with Gasteiger partial charge in [0.15, 0.2) is 0 Å². The van der Waals surface area contributed by atoms with Gasteiger partial charge in [0.1, 0.15) is 5.82 Å². The van der Waals surface area contributed by atoms with Gasteiger partial charge in [-0.25, -0.2) is 4.39 Å². The van der Waals surface area contributed by atoms with Gasteiger partial charge in [-0.15, -0.1) is 0 Å². The lowest BCUT2D eigenvalue weighted by Gasteiger charge is -2.28. The molecule has 106 valence electrons. The van der Waals surface area contributed by atoms with Gasteiger partial charge in [0, 0.05) is 12.0 Å². The van der Waals surface area contributed by atoms with Crippen LogP contribution in [0.25, 0.3) is 0 Å². The second-order valence-corrected chi connectivity index (χ2v) is 5.54. The van der Waals surface area contributed by atoms with Gasteiger partial charge in [-0.3, -0.25) is 0 Å². The van der Waals surface area contributed by atoms with Crippen molar-refractivity contribution in [1.82, 2.24) is 0 Å². The van der Waals surface area contributed by atoms with E-state index in [0.29, 0.717) is 18.4 Å². The summed E-state index contributed by atoms with van der Waals surface area (Å²) in [6.07, 6.45) is 0.897. The number of hydrogen-bond acceptors (Lipinski definition) is 1. The van der Waals surface area contributed by atoms with E-state index in [1.807, 2.05) is 20.8 Å². The van der Waals surface area contributed by atoms with Crippen LogP contribution in [0.4, 0.5) is 4.39 Å². The number of hydrogen-bond donors (Lipinski definition) is 1. The quantitative estimate of drug-likeness (QED) is 0.880. The van der Waals surface area contributed by atoms with Gasteiger partial charge in [0.2, 0.25) is 0 Å². The molecule has 1 unspecified atom stereocenters. The SMILES string of the molecule is CCC(O)(Cc1cc(C)cc(C)c1)c1ccccc1F. The Morgan fingerprint density at radius 3 is 2.20 bits per heavy atom. The van der Waals surface area contributed by atoms with E-state index in [9.17, 15) is 9.50 Å². The number of benzene rings is 2. The van der Waals surface area contributed by atoms with Crippen LogP contribution in [-0.4, -0.2) is 5.11 Å². The highest BCUT2D eigenvalue weighted by Crippen LogP contribution is 2.31. The molecule has 0 radical (unpaired) electrons. The Labute approximate surface area is 120 Å². The smallest absolute Gasteiger partial charge is 0.129 e. The third kappa shape index (κ3) is 3.07. The zero-order valence-electron chi connectivity index (χ0n) is 12.3. The number of aliphatic hydroxyl groups is 1. The molecular formula is C18H21FO. The number of halogens is 1. The summed E-state index contributed by atoms with van der Waals surface area (Å²) in [5.41, 5.74) is 2.57. The summed E-state index contributed by atoms with van der Waals surface area (Å²) >= 11 is 0. The molecule has 0 fully saturated rings. The van der Waals surface area contributed by atoms with Crippen LogP contribution in [0.15, 0.2) is 42.5 Å². The Hall–Kier alpha value is -1.67. The summed E-state index contributed by atoms with van der Waals surface area (Å²) in [5.74, 6) is -0.346. The molecule has 1 atom stereocenters. The van der Waals surface area contributed by atoms with E-state index in [0.717, 1.165) is 16.7 Å². The highest BCUT2D eigenvalue weighted by atomic mass is 19.1. The monoisotopic (exact) mass is 272 g/mol. The lowest BCUT2D eigenvalue weighted by Crippen LogP contribution is -2.29. The molecule has 0 aliphatic heterocycles. The van der Waals surface area contributed by atoms with Gasteiger partial charge in [-0.05, 0) is 31.9 Å². The molecule has 0 saturated heterocycles. The van der Waals surface area contributed by atoms with Gasteiger partial charge >= 0.3 is 0 Å². The predicted molar refractivity (Wildman–Crippen MR) is 80.2 cm³/mol. The van der Waals surface area contributed by atoms with Crippen molar-refractivity contribution in [3.05, 3.63) is 70.5 Å². The molecule has 0 aliphatic rings. The van der Waals surface area contributed by atoms with Gasteiger partial charge < -0.3 is 5.11 Å². The summed E-state index contributed by atoms with van der Waals surface area (Å²) in [6, 6.07) is 12.7. The van der Waals surface area contributed by atoms with Crippen molar-refractivity contribution in [2.75, 3.05) is 0 Å². The summed E-state index contributed by atoms with van der Waals surface area (Å²) in [5, 5.41) is 10.9. The Morgan fingerprint density at radius 1 is 1.05 bits per heavy atom. The lowest BCUT2D eigenvalue weighted by atomic mass is 9.84. The normalized spacial score (nSPS) is 14.1. The van der Waals surface area contributed by atoms with Crippen molar-refractivity contribution in [3.63, 3.8) is 0 Å². The zero-order valence-corrected chi connectivity index (χ0v) is 12.3. The topological polar surface area (TPSA) is 20.2 Å². The predicted octanol–water partition coefficient (Wildman–Crippen LogP) is 4.28. The lowest BCUT2D eigenvalue weighted by molar-refractivity contribution is 0.0291. The highest BCUT2D eigenvalue weighted by molar-refractivity contribution is 5.32. The molecule has 0 amide bonds. The van der Waals surface area contributed by atoms with Crippen molar-refractivity contribution in [1.29, 1.82) is 0 Å². The van der Waals surface area contributed by atoms with Gasteiger partial charge in [0.05, 0.1) is 5.60 Å². The minimum absolute atomic E-state index is 0.346. The first-order chi connectivity index (χ1) is 9.44. The fraction of sp³-hybridized carbons (Fsp3) is 0.333. The van der Waals surface area contributed by atoms with E-state index in [2.05, 4.69) is 18.2 Å². The fourth-order valence-electron chi connectivity index (χ4n) is 2.76. The Kier molecular flexibility index (Phi) is 4.24. The highest BCUT2D eigenvalue weighted by Gasteiger charge is 2.30. The first-order valence-corrected chi connectivity index (χ1v) is 6.99. The van der Waals surface area contributed by atoms with E-state index in [-0.39, 0.29) is 5.82 Å². The van der Waals surface area contributed by atoms with Crippen molar-refractivity contribution >= 4 is 0 Å². The second kappa shape index (κ2) is 5.76. The molecule has 2 aromatic rings. The van der Waals surface area contributed by atoms with E-state index < -0.39 is 5.60 Å². The molecule has 0 saturated carbocycles. The maximum atomic E-state index is 14.0. The van der Waals surface area contributed by atoms with E-state index in [1.165, 1.54) is 6.07 Å². The molecule has 1 nitrogen and oxygen atoms in total. The van der Waals surface area contributed by atoms with Gasteiger partial charge in [-0.2, -0.15) is 0 Å². The fourth-order valence-corrected chi connectivity index (χ4v) is 2.76. The maximum absolute atomic E-state index is 14.0. The maximum Gasteiger partial charge on any atom is 0.129 e. The second-order valence-electron chi connectivity index (χ2n) is 5.54. The molecule has 0 spiro atoms. The van der Waals surface area contributed by atoms with Crippen molar-refractivity contribution in [2.24, 2.45) is 0 Å². The van der Waals surface area contributed by atoms with Crippen LogP contribution >= 0.6 is 0 Å². The zero-order chi connectivity index (χ0) is 14.8. The molecular weight excluding hydrogens is 251 g/mol. The summed E-state index contributed by atoms with van der Waals surface area (Å²) < 4.78 is 14.0. The minimum Gasteiger partial charge on any atom is -0.385 e. The number of aryl methyl sites for hydroxylation is 2. The molecule has 1 N–H and O–H groups in total. The number of rotatable bonds is 4. The molecule has 2 rings (SSSR count). The Bertz CT molecular complexity index is 586. The molecule has 0 aliphatic carbocycles.